The SMILES string of the molecule is COCCn1nc(C)cc(CN)c1=O. The van der Waals surface area contributed by atoms with Gasteiger partial charge in [-0.2, -0.15) is 5.10 Å². The first-order valence-electron chi connectivity index (χ1n) is 4.45. The smallest absolute Gasteiger partial charge is 0.271 e. The van der Waals surface area contributed by atoms with Crippen molar-refractivity contribution in [2.45, 2.75) is 20.0 Å². The maximum absolute atomic E-state index is 11.6. The number of nitrogens with two attached hydrogens (primary N) is 1. The monoisotopic (exact) mass is 197 g/mol. The molecule has 0 saturated carbocycles. The highest BCUT2D eigenvalue weighted by molar-refractivity contribution is 5.11. The second-order valence-corrected chi connectivity index (χ2v) is 3.04. The Hall–Kier alpha value is -1.20. The summed E-state index contributed by atoms with van der Waals surface area (Å²) in [4.78, 5) is 11.6. The molecule has 0 bridgehead atoms. The zero-order valence-electron chi connectivity index (χ0n) is 8.49. The lowest BCUT2D eigenvalue weighted by atomic mass is 10.2. The van der Waals surface area contributed by atoms with Crippen LogP contribution >= 0.6 is 0 Å². The van der Waals surface area contributed by atoms with Gasteiger partial charge in [-0.15, -0.1) is 0 Å². The van der Waals surface area contributed by atoms with Crippen molar-refractivity contribution in [1.29, 1.82) is 0 Å². The molecule has 0 unspecified atom stereocenters. The largest absolute Gasteiger partial charge is 0.383 e. The Morgan fingerprint density at radius 3 is 2.93 bits per heavy atom. The molecule has 0 fully saturated rings. The first-order chi connectivity index (χ1) is 6.69. The highest BCUT2D eigenvalue weighted by Crippen LogP contribution is 1.93. The molecule has 1 rings (SSSR count). The molecule has 1 aromatic heterocycles. The molecule has 1 heterocycles. The molecular weight excluding hydrogens is 182 g/mol. The van der Waals surface area contributed by atoms with Gasteiger partial charge in [-0.25, -0.2) is 4.68 Å². The Balaban J connectivity index is 3.03. The molecule has 0 amide bonds. The Morgan fingerprint density at radius 1 is 1.64 bits per heavy atom. The molecule has 0 atom stereocenters. The molecule has 2 N–H and O–H groups in total. The summed E-state index contributed by atoms with van der Waals surface area (Å²) < 4.78 is 6.27. The molecule has 14 heavy (non-hydrogen) atoms. The summed E-state index contributed by atoms with van der Waals surface area (Å²) >= 11 is 0. The highest BCUT2D eigenvalue weighted by atomic mass is 16.5. The van der Waals surface area contributed by atoms with Crippen LogP contribution in [0.1, 0.15) is 11.3 Å². The molecule has 5 nitrogen and oxygen atoms in total. The molecule has 0 spiro atoms. The number of hydrogen-bond donors (Lipinski definition) is 1. The van der Waals surface area contributed by atoms with E-state index in [0.717, 1.165) is 5.69 Å². The average molecular weight is 197 g/mol. The van der Waals surface area contributed by atoms with Gasteiger partial charge in [0.25, 0.3) is 5.56 Å². The fourth-order valence-electron chi connectivity index (χ4n) is 1.22. The predicted octanol–water partition coefficient (Wildman–Crippen LogP) is -0.343. The van der Waals surface area contributed by atoms with E-state index in [9.17, 15) is 4.79 Å². The maximum Gasteiger partial charge on any atom is 0.271 e. The summed E-state index contributed by atoms with van der Waals surface area (Å²) in [6.45, 7) is 3.02. The van der Waals surface area contributed by atoms with Crippen molar-refractivity contribution in [3.63, 3.8) is 0 Å². The maximum atomic E-state index is 11.6. The van der Waals surface area contributed by atoms with Crippen LogP contribution in [0.5, 0.6) is 0 Å². The van der Waals surface area contributed by atoms with Crippen LogP contribution in [0.2, 0.25) is 0 Å². The fraction of sp³-hybridized carbons (Fsp3) is 0.556. The van der Waals surface area contributed by atoms with E-state index >= 15 is 0 Å². The van der Waals surface area contributed by atoms with Crippen LogP contribution in [0.15, 0.2) is 10.9 Å². The van der Waals surface area contributed by atoms with Crippen LogP contribution in [0.25, 0.3) is 0 Å². The standard InChI is InChI=1S/C9H15N3O2/c1-7-5-8(6-10)9(13)12(11-7)3-4-14-2/h5H,3-4,6,10H2,1-2H3. The average Bonchev–Trinajstić information content (AvgIpc) is 2.18. The van der Waals surface area contributed by atoms with E-state index in [-0.39, 0.29) is 12.1 Å². The first kappa shape index (κ1) is 10.9. The van der Waals surface area contributed by atoms with Crippen LogP contribution in [0.3, 0.4) is 0 Å². The van der Waals surface area contributed by atoms with Crippen molar-refractivity contribution < 1.29 is 4.74 Å². The zero-order chi connectivity index (χ0) is 10.6. The summed E-state index contributed by atoms with van der Waals surface area (Å²) in [5.74, 6) is 0. The van der Waals surface area contributed by atoms with Crippen molar-refractivity contribution in [3.8, 4) is 0 Å². The second kappa shape index (κ2) is 4.88. The van der Waals surface area contributed by atoms with Gasteiger partial charge in [0.15, 0.2) is 0 Å². The molecule has 78 valence electrons. The van der Waals surface area contributed by atoms with E-state index in [1.165, 1.54) is 4.68 Å². The van der Waals surface area contributed by atoms with Gasteiger partial charge in [0.2, 0.25) is 0 Å². The summed E-state index contributed by atoms with van der Waals surface area (Å²) in [5.41, 5.74) is 6.70. The Bertz CT molecular complexity index is 360. The van der Waals surface area contributed by atoms with Crippen LogP contribution in [-0.2, 0) is 17.8 Å². The molecule has 1 aromatic rings. The fourth-order valence-corrected chi connectivity index (χ4v) is 1.22. The van der Waals surface area contributed by atoms with E-state index in [0.29, 0.717) is 18.7 Å². The number of hydrogen-bond acceptors (Lipinski definition) is 4. The number of rotatable bonds is 4. The summed E-state index contributed by atoms with van der Waals surface area (Å²) in [6, 6.07) is 1.71. The third-order valence-corrected chi connectivity index (χ3v) is 1.90. The third kappa shape index (κ3) is 2.40. The minimum atomic E-state index is -0.129. The van der Waals surface area contributed by atoms with E-state index in [1.807, 2.05) is 6.92 Å². The molecule has 0 aromatic carbocycles. The van der Waals surface area contributed by atoms with Gasteiger partial charge in [0, 0.05) is 19.2 Å². The van der Waals surface area contributed by atoms with Gasteiger partial charge in [0.05, 0.1) is 18.8 Å². The predicted molar refractivity (Wildman–Crippen MR) is 53.0 cm³/mol. The number of methoxy groups -OCH3 is 1. The van der Waals surface area contributed by atoms with Gasteiger partial charge in [-0.3, -0.25) is 4.79 Å². The first-order valence-corrected chi connectivity index (χ1v) is 4.45. The Kier molecular flexibility index (Phi) is 3.79. The van der Waals surface area contributed by atoms with Crippen LogP contribution in [0.4, 0.5) is 0 Å². The van der Waals surface area contributed by atoms with Crippen LogP contribution in [0, 0.1) is 6.92 Å². The number of ether oxygens (including phenoxy) is 1. The van der Waals surface area contributed by atoms with Crippen molar-refractivity contribution in [1.82, 2.24) is 9.78 Å². The topological polar surface area (TPSA) is 70.1 Å². The van der Waals surface area contributed by atoms with Crippen LogP contribution in [-0.4, -0.2) is 23.5 Å². The lowest BCUT2D eigenvalue weighted by Gasteiger charge is -2.06. The molecule has 0 aliphatic heterocycles. The minimum Gasteiger partial charge on any atom is -0.383 e. The van der Waals surface area contributed by atoms with Gasteiger partial charge in [-0.05, 0) is 13.0 Å². The van der Waals surface area contributed by atoms with Crippen molar-refractivity contribution >= 4 is 0 Å². The summed E-state index contributed by atoms with van der Waals surface area (Å²) in [6.07, 6.45) is 0. The zero-order valence-corrected chi connectivity index (χ0v) is 8.49. The normalized spacial score (nSPS) is 10.5. The second-order valence-electron chi connectivity index (χ2n) is 3.04. The van der Waals surface area contributed by atoms with Gasteiger partial charge < -0.3 is 10.5 Å². The van der Waals surface area contributed by atoms with Gasteiger partial charge in [0.1, 0.15) is 0 Å². The van der Waals surface area contributed by atoms with Crippen LogP contribution < -0.4 is 11.3 Å². The highest BCUT2D eigenvalue weighted by Gasteiger charge is 2.04. The number of aromatic nitrogens is 2. The van der Waals surface area contributed by atoms with E-state index in [4.69, 9.17) is 10.5 Å². The number of aryl methyl sites for hydroxylation is 1. The quantitative estimate of drug-likeness (QED) is 0.716. The van der Waals surface area contributed by atoms with Crippen molar-refractivity contribution in [2.24, 2.45) is 5.73 Å². The number of nitrogens with zero attached hydrogens (tertiary/aromatic N) is 2. The van der Waals surface area contributed by atoms with Gasteiger partial charge in [-0.1, -0.05) is 0 Å². The molecule has 0 saturated heterocycles. The Morgan fingerprint density at radius 2 is 2.36 bits per heavy atom. The third-order valence-electron chi connectivity index (χ3n) is 1.90. The van der Waals surface area contributed by atoms with E-state index < -0.39 is 0 Å². The van der Waals surface area contributed by atoms with Crippen molar-refractivity contribution in [2.75, 3.05) is 13.7 Å². The summed E-state index contributed by atoms with van der Waals surface area (Å²) in [7, 11) is 1.59. The summed E-state index contributed by atoms with van der Waals surface area (Å²) in [5, 5.41) is 4.09. The minimum absolute atomic E-state index is 0.129. The molecule has 0 radical (unpaired) electrons. The Labute approximate surface area is 82.5 Å². The molecule has 0 aliphatic rings. The molecule has 0 aliphatic carbocycles. The lowest BCUT2D eigenvalue weighted by Crippen LogP contribution is -2.29. The molecular formula is C9H15N3O2. The van der Waals surface area contributed by atoms with Gasteiger partial charge >= 0.3 is 0 Å². The lowest BCUT2D eigenvalue weighted by molar-refractivity contribution is 0.181. The molecule has 5 heteroatoms. The van der Waals surface area contributed by atoms with Crippen molar-refractivity contribution in [3.05, 3.63) is 27.7 Å². The van der Waals surface area contributed by atoms with E-state index in [1.54, 1.807) is 13.2 Å². The van der Waals surface area contributed by atoms with E-state index in [2.05, 4.69) is 5.10 Å².